The summed E-state index contributed by atoms with van der Waals surface area (Å²) in [7, 11) is 0. The van der Waals surface area contributed by atoms with Crippen LogP contribution < -0.4 is 5.32 Å². The van der Waals surface area contributed by atoms with Crippen LogP contribution in [0.1, 0.15) is 18.7 Å². The lowest BCUT2D eigenvalue weighted by Gasteiger charge is -2.03. The Bertz CT molecular complexity index is 309. The normalized spacial score (nSPS) is 10.5. The number of aromatic nitrogens is 2. The summed E-state index contributed by atoms with van der Waals surface area (Å²) in [5, 5.41) is 10.7. The standard InChI is InChI=1S/C10H17N3O2/c1-8(2)7-14-5-4-11-6-10-13-12-9(3)15-10/h11H,1,4-7H2,2-3H3. The highest BCUT2D eigenvalue weighted by Crippen LogP contribution is 1.96. The Morgan fingerprint density at radius 2 is 2.33 bits per heavy atom. The minimum absolute atomic E-state index is 0.581. The summed E-state index contributed by atoms with van der Waals surface area (Å²) in [5.41, 5.74) is 1.03. The zero-order valence-corrected chi connectivity index (χ0v) is 9.25. The van der Waals surface area contributed by atoms with Gasteiger partial charge in [0.2, 0.25) is 11.8 Å². The maximum Gasteiger partial charge on any atom is 0.230 e. The molecule has 0 saturated carbocycles. The number of nitrogens with one attached hydrogen (secondary N) is 1. The van der Waals surface area contributed by atoms with Gasteiger partial charge in [-0.1, -0.05) is 12.2 Å². The molecule has 0 aliphatic carbocycles. The molecule has 0 fully saturated rings. The molecule has 0 unspecified atom stereocenters. The van der Waals surface area contributed by atoms with Gasteiger partial charge in [0.15, 0.2) is 0 Å². The van der Waals surface area contributed by atoms with E-state index in [4.69, 9.17) is 9.15 Å². The molecule has 1 aromatic rings. The Hall–Kier alpha value is -1.20. The molecular weight excluding hydrogens is 194 g/mol. The molecule has 0 aromatic carbocycles. The van der Waals surface area contributed by atoms with Crippen LogP contribution in [0.4, 0.5) is 0 Å². The first-order valence-electron chi connectivity index (χ1n) is 4.90. The smallest absolute Gasteiger partial charge is 0.230 e. The van der Waals surface area contributed by atoms with E-state index >= 15 is 0 Å². The maximum absolute atomic E-state index is 5.31. The van der Waals surface area contributed by atoms with E-state index in [1.165, 1.54) is 0 Å². The topological polar surface area (TPSA) is 60.2 Å². The van der Waals surface area contributed by atoms with E-state index in [2.05, 4.69) is 22.1 Å². The first-order chi connectivity index (χ1) is 7.18. The van der Waals surface area contributed by atoms with Crippen molar-refractivity contribution in [2.75, 3.05) is 19.8 Å². The molecule has 5 heteroatoms. The minimum Gasteiger partial charge on any atom is -0.424 e. The predicted octanol–water partition coefficient (Wildman–Crippen LogP) is 1.06. The highest BCUT2D eigenvalue weighted by molar-refractivity contribution is 4.87. The van der Waals surface area contributed by atoms with Crippen molar-refractivity contribution in [1.29, 1.82) is 0 Å². The molecular formula is C10H17N3O2. The van der Waals surface area contributed by atoms with Gasteiger partial charge in [0, 0.05) is 13.5 Å². The van der Waals surface area contributed by atoms with Crippen LogP contribution in [0.3, 0.4) is 0 Å². The van der Waals surface area contributed by atoms with Gasteiger partial charge in [-0.3, -0.25) is 0 Å². The van der Waals surface area contributed by atoms with Gasteiger partial charge in [-0.2, -0.15) is 0 Å². The first kappa shape index (κ1) is 11.9. The summed E-state index contributed by atoms with van der Waals surface area (Å²) in [4.78, 5) is 0. The first-order valence-corrected chi connectivity index (χ1v) is 4.90. The summed E-state index contributed by atoms with van der Waals surface area (Å²) in [6, 6.07) is 0. The second kappa shape index (κ2) is 6.31. The number of ether oxygens (including phenoxy) is 1. The minimum atomic E-state index is 0.581. The van der Waals surface area contributed by atoms with Gasteiger partial charge in [-0.15, -0.1) is 10.2 Å². The quantitative estimate of drug-likeness (QED) is 0.540. The Kier molecular flexibility index (Phi) is 5.00. The van der Waals surface area contributed by atoms with E-state index in [0.29, 0.717) is 31.5 Å². The number of aryl methyl sites for hydroxylation is 1. The molecule has 0 bridgehead atoms. The molecule has 15 heavy (non-hydrogen) atoms. The van der Waals surface area contributed by atoms with Crippen molar-refractivity contribution in [2.24, 2.45) is 0 Å². The van der Waals surface area contributed by atoms with E-state index in [1.54, 1.807) is 6.92 Å². The van der Waals surface area contributed by atoms with Crippen LogP contribution in [-0.2, 0) is 11.3 Å². The fourth-order valence-corrected chi connectivity index (χ4v) is 0.995. The van der Waals surface area contributed by atoms with Crippen molar-refractivity contribution in [2.45, 2.75) is 20.4 Å². The molecule has 1 heterocycles. The van der Waals surface area contributed by atoms with Crippen LogP contribution in [0.25, 0.3) is 0 Å². The Labute approximate surface area is 89.5 Å². The van der Waals surface area contributed by atoms with Gasteiger partial charge in [0.1, 0.15) is 0 Å². The van der Waals surface area contributed by atoms with Crippen molar-refractivity contribution in [3.05, 3.63) is 23.9 Å². The van der Waals surface area contributed by atoms with Gasteiger partial charge < -0.3 is 14.5 Å². The van der Waals surface area contributed by atoms with Crippen molar-refractivity contribution >= 4 is 0 Å². The Morgan fingerprint density at radius 3 is 2.93 bits per heavy atom. The highest BCUT2D eigenvalue weighted by atomic mass is 16.5. The van der Waals surface area contributed by atoms with Crippen molar-refractivity contribution < 1.29 is 9.15 Å². The van der Waals surface area contributed by atoms with Crippen molar-refractivity contribution in [1.82, 2.24) is 15.5 Å². The lowest BCUT2D eigenvalue weighted by molar-refractivity contribution is 0.157. The van der Waals surface area contributed by atoms with E-state index in [0.717, 1.165) is 12.1 Å². The lowest BCUT2D eigenvalue weighted by atomic mass is 10.4. The number of nitrogens with zero attached hydrogens (tertiary/aromatic N) is 2. The summed E-state index contributed by atoms with van der Waals surface area (Å²) in [5.74, 6) is 1.19. The van der Waals surface area contributed by atoms with Gasteiger partial charge in [0.25, 0.3) is 0 Å². The molecule has 0 radical (unpaired) electrons. The van der Waals surface area contributed by atoms with Gasteiger partial charge in [0.05, 0.1) is 19.8 Å². The molecule has 0 aliphatic heterocycles. The van der Waals surface area contributed by atoms with Crippen LogP contribution in [-0.4, -0.2) is 30.0 Å². The van der Waals surface area contributed by atoms with E-state index < -0.39 is 0 Å². The fourth-order valence-electron chi connectivity index (χ4n) is 0.995. The maximum atomic E-state index is 5.31. The molecule has 1 aromatic heterocycles. The summed E-state index contributed by atoms with van der Waals surface area (Å²) < 4.78 is 10.5. The Morgan fingerprint density at radius 1 is 1.53 bits per heavy atom. The molecule has 1 N–H and O–H groups in total. The fraction of sp³-hybridized carbons (Fsp3) is 0.600. The molecule has 0 spiro atoms. The lowest BCUT2D eigenvalue weighted by Crippen LogP contribution is -2.19. The van der Waals surface area contributed by atoms with Gasteiger partial charge >= 0.3 is 0 Å². The second-order valence-electron chi connectivity index (χ2n) is 3.40. The molecule has 0 atom stereocenters. The monoisotopic (exact) mass is 211 g/mol. The van der Waals surface area contributed by atoms with Gasteiger partial charge in [-0.25, -0.2) is 0 Å². The zero-order chi connectivity index (χ0) is 11.1. The van der Waals surface area contributed by atoms with E-state index in [1.807, 2.05) is 6.92 Å². The van der Waals surface area contributed by atoms with Crippen LogP contribution in [0.15, 0.2) is 16.6 Å². The molecule has 5 nitrogen and oxygen atoms in total. The average Bonchev–Trinajstić information content (AvgIpc) is 2.57. The third kappa shape index (κ3) is 5.29. The highest BCUT2D eigenvalue weighted by Gasteiger charge is 2.00. The van der Waals surface area contributed by atoms with Crippen molar-refractivity contribution in [3.8, 4) is 0 Å². The molecule has 0 aliphatic rings. The van der Waals surface area contributed by atoms with Crippen molar-refractivity contribution in [3.63, 3.8) is 0 Å². The second-order valence-corrected chi connectivity index (χ2v) is 3.40. The predicted molar refractivity (Wildman–Crippen MR) is 56.4 cm³/mol. The Balaban J connectivity index is 2.00. The van der Waals surface area contributed by atoms with Gasteiger partial charge in [-0.05, 0) is 6.92 Å². The SMILES string of the molecule is C=C(C)COCCNCc1nnc(C)o1. The molecule has 84 valence electrons. The third-order valence-corrected chi connectivity index (χ3v) is 1.62. The van der Waals surface area contributed by atoms with Crippen LogP contribution in [0.2, 0.25) is 0 Å². The van der Waals surface area contributed by atoms with E-state index in [9.17, 15) is 0 Å². The van der Waals surface area contributed by atoms with Crippen LogP contribution in [0.5, 0.6) is 0 Å². The van der Waals surface area contributed by atoms with E-state index in [-0.39, 0.29) is 0 Å². The zero-order valence-electron chi connectivity index (χ0n) is 9.25. The number of hydrogen-bond donors (Lipinski definition) is 1. The molecule has 0 amide bonds. The average molecular weight is 211 g/mol. The summed E-state index contributed by atoms with van der Waals surface area (Å²) >= 11 is 0. The summed E-state index contributed by atoms with van der Waals surface area (Å²) in [6.45, 7) is 10.1. The third-order valence-electron chi connectivity index (χ3n) is 1.62. The molecule has 1 rings (SSSR count). The number of rotatable bonds is 7. The molecule has 0 saturated heterocycles. The number of hydrogen-bond acceptors (Lipinski definition) is 5. The van der Waals surface area contributed by atoms with Crippen LogP contribution >= 0.6 is 0 Å². The largest absolute Gasteiger partial charge is 0.424 e. The summed E-state index contributed by atoms with van der Waals surface area (Å²) in [6.07, 6.45) is 0. The van der Waals surface area contributed by atoms with Crippen LogP contribution in [0, 0.1) is 6.92 Å².